The second kappa shape index (κ2) is 3.93. The summed E-state index contributed by atoms with van der Waals surface area (Å²) in [5.41, 5.74) is 1.95. The third-order valence-electron chi connectivity index (χ3n) is 1.88. The molecule has 5 heteroatoms. The molecule has 0 atom stereocenters. The predicted molar refractivity (Wildman–Crippen MR) is 51.9 cm³/mol. The van der Waals surface area contributed by atoms with Gasteiger partial charge >= 0.3 is 0 Å². The minimum absolute atomic E-state index is 0.611. The molecule has 1 N–H and O–H groups in total. The third kappa shape index (κ3) is 1.92. The summed E-state index contributed by atoms with van der Waals surface area (Å²) in [5, 5.41) is 11.2. The molecule has 0 spiro atoms. The summed E-state index contributed by atoms with van der Waals surface area (Å²) in [5.74, 6) is 1.26. The smallest absolute Gasteiger partial charge is 0.238 e. The fourth-order valence-electron chi connectivity index (χ4n) is 1.23. The van der Waals surface area contributed by atoms with Crippen LogP contribution < -0.4 is 10.1 Å². The third-order valence-corrected chi connectivity index (χ3v) is 2.20. The molecule has 0 saturated heterocycles. The van der Waals surface area contributed by atoms with Crippen molar-refractivity contribution in [1.82, 2.24) is 15.5 Å². The van der Waals surface area contributed by atoms with Crippen LogP contribution in [0, 0.1) is 0 Å². The highest BCUT2D eigenvalue weighted by atomic mass is 32.1. The number of nitrogens with zero attached hydrogens (tertiary/aromatic N) is 2. The van der Waals surface area contributed by atoms with Crippen LogP contribution in [0.25, 0.3) is 0 Å². The van der Waals surface area contributed by atoms with E-state index in [-0.39, 0.29) is 0 Å². The molecule has 0 aliphatic carbocycles. The van der Waals surface area contributed by atoms with Crippen molar-refractivity contribution >= 4 is 12.6 Å². The number of nitrogens with one attached hydrogen (secondary N) is 1. The van der Waals surface area contributed by atoms with Gasteiger partial charge in [0.1, 0.15) is 6.61 Å². The van der Waals surface area contributed by atoms with E-state index in [1.54, 1.807) is 0 Å². The monoisotopic (exact) mass is 197 g/mol. The quantitative estimate of drug-likeness (QED) is 0.639. The van der Waals surface area contributed by atoms with Gasteiger partial charge in [-0.2, -0.15) is 17.7 Å². The van der Waals surface area contributed by atoms with Crippen molar-refractivity contribution in [2.45, 2.75) is 12.3 Å². The van der Waals surface area contributed by atoms with E-state index >= 15 is 0 Å². The first kappa shape index (κ1) is 8.77. The molecule has 0 radical (unpaired) electrons. The maximum atomic E-state index is 5.39. The molecular weight excluding hydrogens is 186 g/mol. The number of hydrogen-bond acceptors (Lipinski definition) is 5. The fourth-order valence-corrected chi connectivity index (χ4v) is 1.39. The molecule has 1 aromatic heterocycles. The molecule has 0 amide bonds. The Balaban J connectivity index is 2.32. The van der Waals surface area contributed by atoms with E-state index in [0.29, 0.717) is 18.2 Å². The Bertz CT molecular complexity index is 305. The lowest BCUT2D eigenvalue weighted by Crippen LogP contribution is -2.16. The van der Waals surface area contributed by atoms with Crippen LogP contribution in [0.2, 0.25) is 0 Å². The molecule has 13 heavy (non-hydrogen) atoms. The van der Waals surface area contributed by atoms with Gasteiger partial charge in [-0.15, -0.1) is 5.10 Å². The second-order valence-electron chi connectivity index (χ2n) is 2.85. The van der Waals surface area contributed by atoms with E-state index < -0.39 is 0 Å². The SMILES string of the molecule is SCc1cc2c(nn1)OCCNC2. The van der Waals surface area contributed by atoms with E-state index in [1.807, 2.05) is 6.07 Å². The van der Waals surface area contributed by atoms with Crippen molar-refractivity contribution in [3.63, 3.8) is 0 Å². The molecule has 4 nitrogen and oxygen atoms in total. The van der Waals surface area contributed by atoms with Crippen molar-refractivity contribution < 1.29 is 4.74 Å². The van der Waals surface area contributed by atoms with Crippen molar-refractivity contribution in [3.8, 4) is 5.88 Å². The highest BCUT2D eigenvalue weighted by Gasteiger charge is 2.10. The summed E-state index contributed by atoms with van der Waals surface area (Å²) in [6, 6.07) is 1.98. The first-order chi connectivity index (χ1) is 6.40. The van der Waals surface area contributed by atoms with Gasteiger partial charge in [0.15, 0.2) is 0 Å². The van der Waals surface area contributed by atoms with Crippen LogP contribution in [0.4, 0.5) is 0 Å². The van der Waals surface area contributed by atoms with Crippen LogP contribution in [-0.4, -0.2) is 23.3 Å². The van der Waals surface area contributed by atoms with Crippen molar-refractivity contribution in [1.29, 1.82) is 0 Å². The van der Waals surface area contributed by atoms with Crippen molar-refractivity contribution in [2.75, 3.05) is 13.2 Å². The topological polar surface area (TPSA) is 47.0 Å². The lowest BCUT2D eigenvalue weighted by atomic mass is 10.2. The molecule has 0 unspecified atom stereocenters. The van der Waals surface area contributed by atoms with Crippen LogP contribution in [0.3, 0.4) is 0 Å². The summed E-state index contributed by atoms with van der Waals surface area (Å²) in [7, 11) is 0. The molecule has 2 rings (SSSR count). The maximum absolute atomic E-state index is 5.39. The van der Waals surface area contributed by atoms with Gasteiger partial charge in [0.25, 0.3) is 0 Å². The minimum atomic E-state index is 0.611. The second-order valence-corrected chi connectivity index (χ2v) is 3.17. The summed E-state index contributed by atoms with van der Waals surface area (Å²) in [6.45, 7) is 2.31. The number of hydrogen-bond donors (Lipinski definition) is 2. The van der Waals surface area contributed by atoms with E-state index in [9.17, 15) is 0 Å². The van der Waals surface area contributed by atoms with Crippen LogP contribution in [0.1, 0.15) is 11.3 Å². The van der Waals surface area contributed by atoms with Gasteiger partial charge in [-0.05, 0) is 6.07 Å². The van der Waals surface area contributed by atoms with Gasteiger partial charge in [0, 0.05) is 24.4 Å². The Morgan fingerprint density at radius 2 is 2.46 bits per heavy atom. The van der Waals surface area contributed by atoms with Crippen LogP contribution >= 0.6 is 12.6 Å². The lowest BCUT2D eigenvalue weighted by Gasteiger charge is -2.04. The lowest BCUT2D eigenvalue weighted by molar-refractivity contribution is 0.310. The van der Waals surface area contributed by atoms with Gasteiger partial charge in [-0.1, -0.05) is 0 Å². The van der Waals surface area contributed by atoms with Crippen LogP contribution in [-0.2, 0) is 12.3 Å². The molecule has 1 aliphatic rings. The highest BCUT2D eigenvalue weighted by molar-refractivity contribution is 7.79. The van der Waals surface area contributed by atoms with Crippen LogP contribution in [0.15, 0.2) is 6.07 Å². The normalized spacial score (nSPS) is 15.8. The van der Waals surface area contributed by atoms with Gasteiger partial charge < -0.3 is 10.1 Å². The number of fused-ring (bicyclic) bond motifs is 1. The van der Waals surface area contributed by atoms with Crippen molar-refractivity contribution in [3.05, 3.63) is 17.3 Å². The Morgan fingerprint density at radius 1 is 1.54 bits per heavy atom. The molecular formula is C8H11N3OS. The molecule has 1 aromatic rings. The van der Waals surface area contributed by atoms with Gasteiger partial charge in [0.2, 0.25) is 5.88 Å². The Hall–Kier alpha value is -0.810. The average Bonchev–Trinajstić information content (AvgIpc) is 2.41. The first-order valence-electron chi connectivity index (χ1n) is 4.20. The first-order valence-corrected chi connectivity index (χ1v) is 4.83. The summed E-state index contributed by atoms with van der Waals surface area (Å²) < 4.78 is 5.39. The van der Waals surface area contributed by atoms with Gasteiger partial charge in [-0.3, -0.25) is 0 Å². The van der Waals surface area contributed by atoms with E-state index in [1.165, 1.54) is 0 Å². The zero-order valence-electron chi connectivity index (χ0n) is 7.16. The van der Waals surface area contributed by atoms with Crippen LogP contribution in [0.5, 0.6) is 5.88 Å². The standard InChI is InChI=1S/C8H11N3OS/c13-5-7-3-6-4-9-1-2-12-8(6)11-10-7/h3,9,13H,1-2,4-5H2. The molecule has 0 aromatic carbocycles. The van der Waals surface area contributed by atoms with E-state index in [0.717, 1.165) is 24.3 Å². The highest BCUT2D eigenvalue weighted by Crippen LogP contribution is 2.16. The number of aromatic nitrogens is 2. The summed E-state index contributed by atoms with van der Waals surface area (Å²) in [6.07, 6.45) is 0. The molecule has 0 bridgehead atoms. The van der Waals surface area contributed by atoms with Gasteiger partial charge in [-0.25, -0.2) is 0 Å². The molecule has 2 heterocycles. The Labute approximate surface area is 82.1 Å². The zero-order valence-corrected chi connectivity index (χ0v) is 8.05. The molecule has 0 saturated carbocycles. The van der Waals surface area contributed by atoms with E-state index in [4.69, 9.17) is 4.74 Å². The van der Waals surface area contributed by atoms with E-state index in [2.05, 4.69) is 28.1 Å². The molecule has 70 valence electrons. The van der Waals surface area contributed by atoms with Crippen molar-refractivity contribution in [2.24, 2.45) is 0 Å². The number of thiol groups is 1. The zero-order chi connectivity index (χ0) is 9.10. The average molecular weight is 197 g/mol. The number of ether oxygens (including phenoxy) is 1. The Kier molecular flexibility index (Phi) is 2.65. The minimum Gasteiger partial charge on any atom is -0.475 e. The fraction of sp³-hybridized carbons (Fsp3) is 0.500. The Morgan fingerprint density at radius 3 is 3.31 bits per heavy atom. The summed E-state index contributed by atoms with van der Waals surface area (Å²) in [4.78, 5) is 0. The maximum Gasteiger partial charge on any atom is 0.238 e. The summed E-state index contributed by atoms with van der Waals surface area (Å²) >= 11 is 4.14. The molecule has 0 fully saturated rings. The molecule has 1 aliphatic heterocycles. The van der Waals surface area contributed by atoms with Gasteiger partial charge in [0.05, 0.1) is 5.69 Å². The number of rotatable bonds is 1. The largest absolute Gasteiger partial charge is 0.475 e. The predicted octanol–water partition coefficient (Wildman–Crippen LogP) is 0.388.